The Labute approximate surface area is 83.4 Å². The van der Waals surface area contributed by atoms with Crippen LogP contribution in [0.5, 0.6) is 0 Å². The summed E-state index contributed by atoms with van der Waals surface area (Å²) < 4.78 is 0. The van der Waals surface area contributed by atoms with Gasteiger partial charge in [0.2, 0.25) is 5.91 Å². The van der Waals surface area contributed by atoms with Gasteiger partial charge < -0.3 is 5.32 Å². The van der Waals surface area contributed by atoms with Gasteiger partial charge in [0.25, 0.3) is 0 Å². The number of nitrogens with one attached hydrogen (secondary N) is 1. The topological polar surface area (TPSA) is 52.9 Å². The highest BCUT2D eigenvalue weighted by molar-refractivity contribution is 5.72. The summed E-state index contributed by atoms with van der Waals surface area (Å²) in [6, 6.07) is 9.72. The Morgan fingerprint density at radius 1 is 1.43 bits per heavy atom. The first kappa shape index (κ1) is 10.3. The molecule has 0 aliphatic rings. The Hall–Kier alpha value is -1.82. The van der Waals surface area contributed by atoms with Crippen LogP contribution in [0, 0.1) is 11.3 Å². The summed E-state index contributed by atoms with van der Waals surface area (Å²) in [5.41, 5.74) is 1.98. The van der Waals surface area contributed by atoms with E-state index in [2.05, 4.69) is 11.4 Å². The summed E-state index contributed by atoms with van der Waals surface area (Å²) >= 11 is 0. The van der Waals surface area contributed by atoms with Crippen molar-refractivity contribution in [2.24, 2.45) is 0 Å². The minimum absolute atomic E-state index is 0.0586. The van der Waals surface area contributed by atoms with Crippen molar-refractivity contribution in [3.63, 3.8) is 0 Å². The Kier molecular flexibility index (Phi) is 3.69. The van der Waals surface area contributed by atoms with Crippen LogP contribution in [0.3, 0.4) is 0 Å². The molecule has 0 bridgehead atoms. The van der Waals surface area contributed by atoms with Crippen LogP contribution in [0.1, 0.15) is 18.1 Å². The van der Waals surface area contributed by atoms with E-state index in [4.69, 9.17) is 5.26 Å². The lowest BCUT2D eigenvalue weighted by atomic mass is 10.1. The molecule has 0 radical (unpaired) electrons. The lowest BCUT2D eigenvalue weighted by Gasteiger charge is -2.06. The number of carbonyl (C=O) groups excluding carboxylic acids is 1. The molecule has 0 unspecified atom stereocenters. The second kappa shape index (κ2) is 5.03. The molecule has 0 saturated carbocycles. The molecular weight excluding hydrogens is 176 g/mol. The van der Waals surface area contributed by atoms with Crippen molar-refractivity contribution in [2.45, 2.75) is 19.9 Å². The van der Waals surface area contributed by atoms with E-state index < -0.39 is 0 Å². The van der Waals surface area contributed by atoms with E-state index in [9.17, 15) is 4.79 Å². The highest BCUT2D eigenvalue weighted by Crippen LogP contribution is 2.08. The first-order valence-electron chi connectivity index (χ1n) is 4.42. The van der Waals surface area contributed by atoms with Gasteiger partial charge in [-0.3, -0.25) is 4.79 Å². The average molecular weight is 188 g/mol. The summed E-state index contributed by atoms with van der Waals surface area (Å²) in [5, 5.41) is 11.3. The van der Waals surface area contributed by atoms with Gasteiger partial charge in [0, 0.05) is 13.5 Å². The molecule has 1 N–H and O–H groups in total. The van der Waals surface area contributed by atoms with Crippen LogP contribution in [0.2, 0.25) is 0 Å². The van der Waals surface area contributed by atoms with Crippen LogP contribution in [0.25, 0.3) is 0 Å². The van der Waals surface area contributed by atoms with E-state index in [-0.39, 0.29) is 5.91 Å². The van der Waals surface area contributed by atoms with Crippen molar-refractivity contribution in [1.29, 1.82) is 5.26 Å². The third kappa shape index (κ3) is 2.91. The molecule has 0 atom stereocenters. The van der Waals surface area contributed by atoms with Gasteiger partial charge in [-0.15, -0.1) is 0 Å². The Bertz CT molecular complexity index is 366. The molecule has 0 heterocycles. The average Bonchev–Trinajstić information content (AvgIpc) is 2.17. The first-order chi connectivity index (χ1) is 6.74. The Balaban J connectivity index is 2.74. The van der Waals surface area contributed by atoms with Crippen LogP contribution in [0.15, 0.2) is 24.3 Å². The molecule has 0 aliphatic heterocycles. The number of carbonyl (C=O) groups is 1. The van der Waals surface area contributed by atoms with Crippen LogP contribution < -0.4 is 5.32 Å². The third-order valence-electron chi connectivity index (χ3n) is 1.92. The van der Waals surface area contributed by atoms with Crippen LogP contribution in [0.4, 0.5) is 0 Å². The first-order valence-corrected chi connectivity index (χ1v) is 4.42. The SMILES string of the molecule is CC(=O)NCc1ccccc1CC#N. The smallest absolute Gasteiger partial charge is 0.217 e. The maximum absolute atomic E-state index is 10.7. The molecule has 1 aromatic rings. The normalized spacial score (nSPS) is 9.14. The Morgan fingerprint density at radius 3 is 2.64 bits per heavy atom. The molecule has 0 spiro atoms. The summed E-state index contributed by atoms with van der Waals surface area (Å²) in [5.74, 6) is -0.0586. The standard InChI is InChI=1S/C11H12N2O/c1-9(14)13-8-11-5-3-2-4-10(11)6-7-12/h2-5H,6,8H2,1H3,(H,13,14). The number of benzene rings is 1. The zero-order chi connectivity index (χ0) is 10.4. The molecular formula is C11H12N2O. The minimum atomic E-state index is -0.0586. The zero-order valence-corrected chi connectivity index (χ0v) is 8.08. The minimum Gasteiger partial charge on any atom is -0.352 e. The number of rotatable bonds is 3. The summed E-state index contributed by atoms with van der Waals surface area (Å²) in [6.07, 6.45) is 0.385. The van der Waals surface area contributed by atoms with E-state index in [1.165, 1.54) is 6.92 Å². The lowest BCUT2D eigenvalue weighted by Crippen LogP contribution is -2.19. The fraction of sp³-hybridized carbons (Fsp3) is 0.273. The maximum Gasteiger partial charge on any atom is 0.217 e. The van der Waals surface area contributed by atoms with Gasteiger partial charge >= 0.3 is 0 Å². The van der Waals surface area contributed by atoms with E-state index in [1.807, 2.05) is 24.3 Å². The van der Waals surface area contributed by atoms with Crippen LogP contribution in [-0.2, 0) is 17.8 Å². The molecule has 3 heteroatoms. The molecule has 72 valence electrons. The predicted molar refractivity (Wildman–Crippen MR) is 53.3 cm³/mol. The van der Waals surface area contributed by atoms with Gasteiger partial charge in [0.1, 0.15) is 0 Å². The van der Waals surface area contributed by atoms with Gasteiger partial charge in [-0.1, -0.05) is 24.3 Å². The van der Waals surface area contributed by atoms with E-state index in [1.54, 1.807) is 0 Å². The molecule has 0 fully saturated rings. The predicted octanol–water partition coefficient (Wildman–Crippen LogP) is 1.39. The van der Waals surface area contributed by atoms with Crippen molar-refractivity contribution >= 4 is 5.91 Å². The summed E-state index contributed by atoms with van der Waals surface area (Å²) in [4.78, 5) is 10.7. The summed E-state index contributed by atoms with van der Waals surface area (Å²) in [6.45, 7) is 1.97. The van der Waals surface area contributed by atoms with Gasteiger partial charge in [-0.2, -0.15) is 5.26 Å². The quantitative estimate of drug-likeness (QED) is 0.779. The molecule has 0 saturated heterocycles. The fourth-order valence-electron chi connectivity index (χ4n) is 1.21. The highest BCUT2D eigenvalue weighted by atomic mass is 16.1. The van der Waals surface area contributed by atoms with E-state index in [0.717, 1.165) is 11.1 Å². The van der Waals surface area contributed by atoms with E-state index >= 15 is 0 Å². The number of hydrogen-bond donors (Lipinski definition) is 1. The number of nitriles is 1. The van der Waals surface area contributed by atoms with Crippen molar-refractivity contribution in [3.8, 4) is 6.07 Å². The van der Waals surface area contributed by atoms with Gasteiger partial charge in [0.05, 0.1) is 12.5 Å². The summed E-state index contributed by atoms with van der Waals surface area (Å²) in [7, 11) is 0. The second-order valence-electron chi connectivity index (χ2n) is 3.01. The molecule has 0 aromatic heterocycles. The van der Waals surface area contributed by atoms with Gasteiger partial charge in [-0.05, 0) is 11.1 Å². The molecule has 1 rings (SSSR count). The third-order valence-corrected chi connectivity index (χ3v) is 1.92. The van der Waals surface area contributed by atoms with Gasteiger partial charge in [-0.25, -0.2) is 0 Å². The zero-order valence-electron chi connectivity index (χ0n) is 8.08. The monoisotopic (exact) mass is 188 g/mol. The van der Waals surface area contributed by atoms with E-state index in [0.29, 0.717) is 13.0 Å². The Morgan fingerprint density at radius 2 is 2.07 bits per heavy atom. The molecule has 3 nitrogen and oxygen atoms in total. The van der Waals surface area contributed by atoms with Crippen molar-refractivity contribution in [3.05, 3.63) is 35.4 Å². The number of nitrogens with zero attached hydrogens (tertiary/aromatic N) is 1. The second-order valence-corrected chi connectivity index (χ2v) is 3.01. The van der Waals surface area contributed by atoms with Crippen molar-refractivity contribution in [2.75, 3.05) is 0 Å². The van der Waals surface area contributed by atoms with Crippen molar-refractivity contribution in [1.82, 2.24) is 5.32 Å². The molecule has 14 heavy (non-hydrogen) atoms. The number of hydrogen-bond acceptors (Lipinski definition) is 2. The lowest BCUT2D eigenvalue weighted by molar-refractivity contribution is -0.119. The number of amides is 1. The maximum atomic E-state index is 10.7. The molecule has 0 aliphatic carbocycles. The van der Waals surface area contributed by atoms with Crippen LogP contribution in [-0.4, -0.2) is 5.91 Å². The largest absolute Gasteiger partial charge is 0.352 e. The van der Waals surface area contributed by atoms with Crippen LogP contribution >= 0.6 is 0 Å². The van der Waals surface area contributed by atoms with Crippen molar-refractivity contribution < 1.29 is 4.79 Å². The fourth-order valence-corrected chi connectivity index (χ4v) is 1.21. The highest BCUT2D eigenvalue weighted by Gasteiger charge is 2.00. The van der Waals surface area contributed by atoms with Gasteiger partial charge in [0.15, 0.2) is 0 Å². The molecule has 1 amide bonds. The molecule has 1 aromatic carbocycles.